The Morgan fingerprint density at radius 3 is 1.09 bits per heavy atom. The summed E-state index contributed by atoms with van der Waals surface area (Å²) in [6.45, 7) is 4.26. The number of fused-ring (bicyclic) bond motifs is 12. The molecule has 0 saturated carbocycles. The Kier molecular flexibility index (Phi) is 7.69. The molecule has 9 aromatic carbocycles. The van der Waals surface area contributed by atoms with E-state index < -0.39 is 0 Å². The minimum Gasteiger partial charge on any atom is -0.456 e. The van der Waals surface area contributed by atoms with Crippen LogP contribution >= 0.6 is 0 Å². The minimum atomic E-state index is 0.530. The summed E-state index contributed by atoms with van der Waals surface area (Å²) in [5.41, 5.74) is 14.0. The van der Waals surface area contributed by atoms with E-state index in [0.717, 1.165) is 105 Å². The standard InChI is InChI=1S/C59H37N5O2/c1-34-32-47(63-43-26-12-6-20-37(43)38-21-7-13-27-44(38)63)53(51-41-24-10-16-30-49(41)65-55(34)51)58-60-57(36-18-4-3-5-19-36)61-59(62-58)54-48(33-35(2)56-52(54)42-25-11-17-31-50(42)66-56)64-45-28-14-8-22-39(45)40-23-9-15-29-46(40)64/h3-33H,1-2H3. The molecule has 0 radical (unpaired) electrons. The molecule has 66 heavy (non-hydrogen) atoms. The SMILES string of the molecule is Cc1cc(-n2c3ccccc3c3ccccc32)c(-c2nc(-c3ccccc3)nc(-c3c(-n4c5ccccc5c5ccccc54)cc(C)c4oc5ccccc5c34)n2)c2c1oc1ccccc12. The lowest BCUT2D eigenvalue weighted by Gasteiger charge is -2.19. The largest absolute Gasteiger partial charge is 0.456 e. The van der Waals surface area contributed by atoms with Gasteiger partial charge in [-0.15, -0.1) is 0 Å². The van der Waals surface area contributed by atoms with Crippen LogP contribution in [0.25, 0.3) is 133 Å². The fourth-order valence-corrected chi connectivity index (χ4v) is 10.6. The van der Waals surface area contributed by atoms with Crippen LogP contribution in [0.4, 0.5) is 0 Å². The Bertz CT molecular complexity index is 3960. The van der Waals surface area contributed by atoms with Crippen molar-refractivity contribution in [3.63, 3.8) is 0 Å². The Hall–Kier alpha value is -8.81. The van der Waals surface area contributed by atoms with E-state index in [1.54, 1.807) is 0 Å². The lowest BCUT2D eigenvalue weighted by Crippen LogP contribution is -2.07. The van der Waals surface area contributed by atoms with Crippen molar-refractivity contribution >= 4 is 87.5 Å². The molecule has 0 unspecified atom stereocenters. The molecule has 0 amide bonds. The molecule has 0 aliphatic rings. The van der Waals surface area contributed by atoms with Crippen molar-refractivity contribution in [3.05, 3.63) is 199 Å². The summed E-state index contributed by atoms with van der Waals surface area (Å²) < 4.78 is 18.3. The number of furan rings is 2. The average molecular weight is 848 g/mol. The molecule has 7 heteroatoms. The van der Waals surface area contributed by atoms with Crippen molar-refractivity contribution in [2.24, 2.45) is 0 Å². The van der Waals surface area contributed by atoms with Crippen LogP contribution in [0.15, 0.2) is 197 Å². The monoisotopic (exact) mass is 847 g/mol. The first kappa shape index (κ1) is 36.7. The number of para-hydroxylation sites is 6. The van der Waals surface area contributed by atoms with Crippen molar-refractivity contribution in [1.29, 1.82) is 0 Å². The zero-order chi connectivity index (χ0) is 43.6. The van der Waals surface area contributed by atoms with E-state index in [1.807, 2.05) is 42.5 Å². The number of nitrogens with zero attached hydrogens (tertiary/aromatic N) is 5. The summed E-state index contributed by atoms with van der Waals surface area (Å²) in [5, 5.41) is 8.54. The second-order valence-electron chi connectivity index (χ2n) is 17.2. The second-order valence-corrected chi connectivity index (χ2v) is 17.2. The van der Waals surface area contributed by atoms with E-state index in [2.05, 4.69) is 169 Å². The highest BCUT2D eigenvalue weighted by Gasteiger charge is 2.29. The van der Waals surface area contributed by atoms with Crippen LogP contribution in [0.2, 0.25) is 0 Å². The zero-order valence-corrected chi connectivity index (χ0v) is 36.0. The van der Waals surface area contributed by atoms with Gasteiger partial charge in [-0.05, 0) is 73.5 Å². The third-order valence-corrected chi connectivity index (χ3v) is 13.4. The highest BCUT2D eigenvalue weighted by Crippen LogP contribution is 2.47. The molecule has 0 aliphatic carbocycles. The van der Waals surface area contributed by atoms with Crippen LogP contribution in [0.1, 0.15) is 11.1 Å². The van der Waals surface area contributed by atoms with Gasteiger partial charge in [-0.3, -0.25) is 0 Å². The normalized spacial score (nSPS) is 12.1. The first-order chi connectivity index (χ1) is 32.6. The maximum atomic E-state index is 6.78. The molecule has 7 nitrogen and oxygen atoms in total. The van der Waals surface area contributed by atoms with Crippen LogP contribution in [-0.2, 0) is 0 Å². The van der Waals surface area contributed by atoms with Gasteiger partial charge in [-0.1, -0.05) is 140 Å². The van der Waals surface area contributed by atoms with E-state index in [9.17, 15) is 0 Å². The number of hydrogen-bond donors (Lipinski definition) is 0. The first-order valence-corrected chi connectivity index (χ1v) is 22.3. The minimum absolute atomic E-state index is 0.530. The van der Waals surface area contributed by atoms with Crippen molar-refractivity contribution < 1.29 is 8.83 Å². The Morgan fingerprint density at radius 2 is 0.682 bits per heavy atom. The molecule has 0 aliphatic heterocycles. The summed E-state index contributed by atoms with van der Waals surface area (Å²) in [7, 11) is 0. The maximum Gasteiger partial charge on any atom is 0.166 e. The molecular formula is C59H37N5O2. The van der Waals surface area contributed by atoms with E-state index in [-0.39, 0.29) is 0 Å². The molecule has 0 spiro atoms. The van der Waals surface area contributed by atoms with Crippen LogP contribution < -0.4 is 0 Å². The number of benzene rings is 9. The summed E-state index contributed by atoms with van der Waals surface area (Å²) >= 11 is 0. The molecule has 5 heterocycles. The van der Waals surface area contributed by atoms with Crippen LogP contribution in [0.5, 0.6) is 0 Å². The molecule has 0 atom stereocenters. The molecule has 0 N–H and O–H groups in total. The molecule has 0 fully saturated rings. The molecular weight excluding hydrogens is 811 g/mol. The molecule has 310 valence electrons. The number of aromatic nitrogens is 5. The second kappa shape index (κ2) is 13.8. The number of rotatable bonds is 5. The van der Waals surface area contributed by atoms with Gasteiger partial charge >= 0.3 is 0 Å². The molecule has 14 rings (SSSR count). The van der Waals surface area contributed by atoms with Gasteiger partial charge in [0.05, 0.1) is 44.6 Å². The predicted molar refractivity (Wildman–Crippen MR) is 269 cm³/mol. The summed E-state index contributed by atoms with van der Waals surface area (Å²) in [4.78, 5) is 16.8. The van der Waals surface area contributed by atoms with Crippen molar-refractivity contribution in [1.82, 2.24) is 24.1 Å². The highest BCUT2D eigenvalue weighted by atomic mass is 16.3. The van der Waals surface area contributed by atoms with Gasteiger partial charge in [0.1, 0.15) is 22.3 Å². The fraction of sp³-hybridized carbons (Fsp3) is 0.0339. The fourth-order valence-electron chi connectivity index (χ4n) is 10.6. The molecule has 0 bridgehead atoms. The van der Waals surface area contributed by atoms with Crippen molar-refractivity contribution in [2.45, 2.75) is 13.8 Å². The zero-order valence-electron chi connectivity index (χ0n) is 36.0. The third-order valence-electron chi connectivity index (χ3n) is 13.4. The van der Waals surface area contributed by atoms with Crippen molar-refractivity contribution in [3.8, 4) is 45.5 Å². The average Bonchev–Trinajstić information content (AvgIpc) is 4.13. The summed E-state index contributed by atoms with van der Waals surface area (Å²) in [6, 6.07) is 65.8. The third kappa shape index (κ3) is 5.16. The summed E-state index contributed by atoms with van der Waals surface area (Å²) in [5.74, 6) is 1.61. The van der Waals surface area contributed by atoms with E-state index in [0.29, 0.717) is 17.5 Å². The predicted octanol–water partition coefficient (Wildman–Crippen LogP) is 15.5. The van der Waals surface area contributed by atoms with E-state index >= 15 is 0 Å². The molecule has 14 aromatic rings. The Labute approximate surface area is 377 Å². The van der Waals surface area contributed by atoms with Gasteiger partial charge in [0.25, 0.3) is 0 Å². The molecule has 5 aromatic heterocycles. The van der Waals surface area contributed by atoms with Gasteiger partial charge < -0.3 is 18.0 Å². The number of hydrogen-bond acceptors (Lipinski definition) is 5. The Balaban J connectivity index is 1.19. The Morgan fingerprint density at radius 1 is 0.348 bits per heavy atom. The number of aryl methyl sites for hydroxylation is 2. The first-order valence-electron chi connectivity index (χ1n) is 22.3. The van der Waals surface area contributed by atoms with Gasteiger partial charge in [-0.25, -0.2) is 15.0 Å². The lowest BCUT2D eigenvalue weighted by atomic mass is 9.98. The van der Waals surface area contributed by atoms with Gasteiger partial charge in [-0.2, -0.15) is 0 Å². The topological polar surface area (TPSA) is 74.8 Å². The van der Waals surface area contributed by atoms with Crippen LogP contribution in [-0.4, -0.2) is 24.1 Å². The molecule has 0 saturated heterocycles. The van der Waals surface area contributed by atoms with Gasteiger partial charge in [0, 0.05) is 48.7 Å². The lowest BCUT2D eigenvalue weighted by molar-refractivity contribution is 0.665. The van der Waals surface area contributed by atoms with Crippen LogP contribution in [0.3, 0.4) is 0 Å². The van der Waals surface area contributed by atoms with Gasteiger partial charge in [0.2, 0.25) is 0 Å². The quantitative estimate of drug-likeness (QED) is 0.172. The van der Waals surface area contributed by atoms with Gasteiger partial charge in [0.15, 0.2) is 17.5 Å². The summed E-state index contributed by atoms with van der Waals surface area (Å²) in [6.07, 6.45) is 0. The van der Waals surface area contributed by atoms with Crippen LogP contribution in [0, 0.1) is 13.8 Å². The smallest absolute Gasteiger partial charge is 0.166 e. The highest BCUT2D eigenvalue weighted by molar-refractivity contribution is 6.19. The van der Waals surface area contributed by atoms with Crippen molar-refractivity contribution in [2.75, 3.05) is 0 Å². The van der Waals surface area contributed by atoms with E-state index in [4.69, 9.17) is 23.8 Å². The van der Waals surface area contributed by atoms with E-state index in [1.165, 1.54) is 21.5 Å². The maximum absolute atomic E-state index is 6.78.